The van der Waals surface area contributed by atoms with Crippen LogP contribution in [0.1, 0.15) is 171 Å². The monoisotopic (exact) mass is 1430 g/mol. The first-order valence-electron chi connectivity index (χ1n) is 29.9. The largest absolute Gasteiger partial charge is 0.411 e. The van der Waals surface area contributed by atoms with Crippen molar-refractivity contribution < 1.29 is 46.2 Å². The van der Waals surface area contributed by atoms with Gasteiger partial charge in [0.05, 0.1) is 36.6 Å². The Kier molecular flexibility index (Phi) is 29.2. The Hall–Kier alpha value is 1.84. The molecule has 78 heavy (non-hydrogen) atoms. The molecule has 0 spiro atoms. The van der Waals surface area contributed by atoms with Crippen molar-refractivity contribution in [1.29, 1.82) is 0 Å². The molecule has 2 aliphatic heterocycles. The normalized spacial score (nSPS) is 27.3. The summed E-state index contributed by atoms with van der Waals surface area (Å²) < 4.78 is 61.2. The summed E-state index contributed by atoms with van der Waals surface area (Å²) in [5.74, 6) is 0.244. The first-order chi connectivity index (χ1) is 34.7. The van der Waals surface area contributed by atoms with Crippen molar-refractivity contribution in [3.63, 3.8) is 0 Å². The van der Waals surface area contributed by atoms with E-state index < -0.39 is 80.4 Å². The molecule has 10 nitrogen and oxygen atoms in total. The van der Waals surface area contributed by atoms with Gasteiger partial charge < -0.3 is 46.2 Å². The molecular weight excluding hydrogens is 1300 g/mol. The quantitative estimate of drug-likeness (QED) is 0.0802. The fourth-order valence-electron chi connectivity index (χ4n) is 8.11. The number of hydrogen-bond donors (Lipinski definition) is 2. The summed E-state index contributed by atoms with van der Waals surface area (Å²) in [6, 6.07) is 0. The summed E-state index contributed by atoms with van der Waals surface area (Å²) in [5, 5.41) is 21.7. The molecule has 0 radical (unpaired) electrons. The summed E-state index contributed by atoms with van der Waals surface area (Å²) in [6.45, 7) is 73.3. The second kappa shape index (κ2) is 29.2. The van der Waals surface area contributed by atoms with Gasteiger partial charge in [0.25, 0.3) is 0 Å². The van der Waals surface area contributed by atoms with Crippen molar-refractivity contribution in [2.75, 3.05) is 6.61 Å². The van der Waals surface area contributed by atoms with E-state index in [-0.39, 0.29) is 79.4 Å². The molecule has 0 unspecified atom stereocenters. The maximum Gasteiger partial charge on any atom is 0.193 e. The number of aliphatic hydroxyl groups is 2. The average Bonchev–Trinajstić information content (AvgIpc) is 3.23. The summed E-state index contributed by atoms with van der Waals surface area (Å²) in [7, 11) is -13.1. The molecule has 2 aliphatic rings. The lowest BCUT2D eigenvalue weighted by molar-refractivity contribution is -0.230. The molecule has 0 saturated carbocycles. The highest BCUT2D eigenvalue weighted by atomic mass is 127. The molecule has 0 aromatic carbocycles. The highest BCUT2D eigenvalue weighted by Crippen LogP contribution is 2.49. The molecule has 2 N–H and O–H groups in total. The van der Waals surface area contributed by atoms with E-state index in [1.165, 1.54) is 0 Å². The van der Waals surface area contributed by atoms with Crippen molar-refractivity contribution in [1.82, 2.24) is 0 Å². The number of halogens is 2. The van der Waals surface area contributed by atoms with Crippen LogP contribution in [0.15, 0.2) is 20.3 Å². The molecule has 0 bridgehead atoms. The minimum atomic E-state index is -2.30. The maximum atomic E-state index is 11.8. The molecule has 2 fully saturated rings. The third kappa shape index (κ3) is 21.0. The summed E-state index contributed by atoms with van der Waals surface area (Å²) >= 11 is 4.58. The molecule has 2 saturated heterocycles. The van der Waals surface area contributed by atoms with E-state index >= 15 is 0 Å². The van der Waals surface area contributed by atoms with Gasteiger partial charge in [-0.2, -0.15) is 0 Å². The van der Waals surface area contributed by atoms with Crippen molar-refractivity contribution in [2.24, 2.45) is 5.92 Å². The average molecular weight is 1430 g/mol. The van der Waals surface area contributed by atoms with Crippen LogP contribution in [0.25, 0.3) is 0 Å². The standard InChI is InChI=1S/C31H65IO4Si3.C29H61IO6Si3/c1-18-19-20-24-23(2)26(35-38(14,15)30(6,7)8)28(36-39(16,17)31(9,10)11)27(33-24)25(21-22-32)34-37(12,13)29(3,4)5;1-27(2,3)37(10,11)34-22(18-19-30)24-26(36-39(14,15)29(7,8)9)25(35-38(12,13)28(4,5)6)23(32)21(33-24)17-16-20-31/h21-28H,18-20H2,1-17H3;18-19,21-26,31-32H,16-17,20H2,1-15H3/b22-21+;19-18+/t23-,24-,25-,26-,27-,28-;21-,22-,23-,24-,25-,26+/m00/s1. The van der Waals surface area contributed by atoms with E-state index in [9.17, 15) is 10.2 Å². The van der Waals surface area contributed by atoms with Crippen LogP contribution in [-0.2, 0) is 36.0 Å². The lowest BCUT2D eigenvalue weighted by Crippen LogP contribution is -2.67. The Bertz CT molecular complexity index is 1720. The second-order valence-electron chi connectivity index (χ2n) is 32.3. The van der Waals surface area contributed by atoms with Gasteiger partial charge in [-0.1, -0.05) is 196 Å². The van der Waals surface area contributed by atoms with Gasteiger partial charge in [-0.05, 0) is 148 Å². The van der Waals surface area contributed by atoms with Gasteiger partial charge in [0.1, 0.15) is 30.5 Å². The molecular formula is C60H126I2O10Si6. The van der Waals surface area contributed by atoms with Crippen molar-refractivity contribution in [2.45, 2.75) is 347 Å². The highest BCUT2D eigenvalue weighted by Gasteiger charge is 2.58. The van der Waals surface area contributed by atoms with Gasteiger partial charge in [-0.3, -0.25) is 0 Å². The molecule has 0 aromatic rings. The van der Waals surface area contributed by atoms with Gasteiger partial charge in [0.15, 0.2) is 49.9 Å². The smallest absolute Gasteiger partial charge is 0.193 e. The van der Waals surface area contributed by atoms with E-state index in [4.69, 9.17) is 36.0 Å². The summed E-state index contributed by atoms with van der Waals surface area (Å²) in [6.07, 6.45) is 5.02. The Morgan fingerprint density at radius 3 is 1.03 bits per heavy atom. The molecule has 2 rings (SSSR count). The van der Waals surface area contributed by atoms with E-state index in [1.54, 1.807) is 0 Å². The lowest BCUT2D eigenvalue weighted by atomic mass is 9.84. The molecule has 18 heteroatoms. The van der Waals surface area contributed by atoms with E-state index in [2.05, 4.69) is 278 Å². The number of ether oxygens (including phenoxy) is 2. The van der Waals surface area contributed by atoms with Crippen LogP contribution in [0.5, 0.6) is 0 Å². The zero-order chi connectivity index (χ0) is 61.7. The molecule has 464 valence electrons. The van der Waals surface area contributed by atoms with Crippen molar-refractivity contribution in [3.8, 4) is 0 Å². The van der Waals surface area contributed by atoms with Crippen LogP contribution in [-0.4, -0.2) is 134 Å². The number of rotatable bonds is 22. The topological polar surface area (TPSA) is 114 Å². The Morgan fingerprint density at radius 2 is 0.731 bits per heavy atom. The number of unbranched alkanes of at least 4 members (excludes halogenated alkanes) is 1. The molecule has 0 aliphatic carbocycles. The first-order valence-corrected chi connectivity index (χ1v) is 49.8. The van der Waals surface area contributed by atoms with Crippen LogP contribution in [0, 0.1) is 5.92 Å². The molecule has 12 atom stereocenters. The van der Waals surface area contributed by atoms with Crippen molar-refractivity contribution >= 4 is 95.1 Å². The van der Waals surface area contributed by atoms with Gasteiger partial charge in [-0.15, -0.1) is 0 Å². The van der Waals surface area contributed by atoms with Gasteiger partial charge in [-0.25, -0.2) is 0 Å². The van der Waals surface area contributed by atoms with Gasteiger partial charge >= 0.3 is 0 Å². The summed E-state index contributed by atoms with van der Waals surface area (Å²) in [5.41, 5.74) is 0. The molecule has 2 heterocycles. The van der Waals surface area contributed by atoms with Gasteiger partial charge in [0, 0.05) is 12.5 Å². The third-order valence-corrected chi connectivity index (χ3v) is 47.5. The Labute approximate surface area is 516 Å². The SMILES string of the molecule is CC(C)(C)[Si](C)(C)O[C@@H]1[C@H]([C@H](/C=C/I)O[Si](C)(C)C(C)(C)C)O[C@@H](CCCO)[C@H](O)[C@@H]1O[Si](C)(C)C(C)(C)C.CCCC[C@@H]1O[C@@H]([C@H](/C=C/I)O[Si](C)(C)C(C)(C)C)[C@@H](O[Si](C)(C)C(C)(C)C)[C@@H](O[Si](C)(C)C(C)(C)C)[C@H]1C. The minimum absolute atomic E-state index is 0.0155. The predicted octanol–water partition coefficient (Wildman–Crippen LogP) is 18.7. The van der Waals surface area contributed by atoms with E-state index in [0.717, 1.165) is 19.3 Å². The van der Waals surface area contributed by atoms with Crippen LogP contribution in [0.4, 0.5) is 0 Å². The Balaban J connectivity index is 0.000000780. The minimum Gasteiger partial charge on any atom is -0.411 e. The molecule has 0 amide bonds. The van der Waals surface area contributed by atoms with Crippen molar-refractivity contribution in [3.05, 3.63) is 20.3 Å². The fourth-order valence-corrected chi connectivity index (χ4v) is 16.7. The van der Waals surface area contributed by atoms with Crippen LogP contribution >= 0.6 is 45.2 Å². The van der Waals surface area contributed by atoms with Crippen LogP contribution < -0.4 is 0 Å². The highest BCUT2D eigenvalue weighted by molar-refractivity contribution is 14.1. The van der Waals surface area contributed by atoms with Crippen LogP contribution in [0.3, 0.4) is 0 Å². The third-order valence-electron chi connectivity index (χ3n) is 19.9. The zero-order valence-electron chi connectivity index (χ0n) is 56.4. The van der Waals surface area contributed by atoms with Crippen LogP contribution in [0.2, 0.25) is 109 Å². The fraction of sp³-hybridized carbons (Fsp3) is 0.933. The zero-order valence-corrected chi connectivity index (χ0v) is 66.7. The second-order valence-corrected chi connectivity index (χ2v) is 62.3. The number of aliphatic hydroxyl groups excluding tert-OH is 2. The summed E-state index contributed by atoms with van der Waals surface area (Å²) in [4.78, 5) is 0. The van der Waals surface area contributed by atoms with E-state index in [0.29, 0.717) is 12.8 Å². The first kappa shape index (κ1) is 77.9. The number of hydrogen-bond acceptors (Lipinski definition) is 10. The predicted molar refractivity (Wildman–Crippen MR) is 367 cm³/mol. The Morgan fingerprint density at radius 1 is 0.449 bits per heavy atom. The van der Waals surface area contributed by atoms with Gasteiger partial charge in [0.2, 0.25) is 0 Å². The molecule has 0 aromatic heterocycles. The van der Waals surface area contributed by atoms with E-state index in [1.807, 2.05) is 4.08 Å². The lowest BCUT2D eigenvalue weighted by Gasteiger charge is -2.54. The maximum absolute atomic E-state index is 11.8.